The van der Waals surface area contributed by atoms with Crippen LogP contribution in [0.15, 0.2) is 48.5 Å². The summed E-state index contributed by atoms with van der Waals surface area (Å²) in [5, 5.41) is 3.55. The predicted molar refractivity (Wildman–Crippen MR) is 81.9 cm³/mol. The monoisotopic (exact) mass is 327 g/mol. The van der Waals surface area contributed by atoms with E-state index >= 15 is 0 Å². The van der Waals surface area contributed by atoms with E-state index in [-0.39, 0.29) is 0 Å². The van der Waals surface area contributed by atoms with Gasteiger partial charge in [-0.3, -0.25) is 5.32 Å². The quantitative estimate of drug-likeness (QED) is 0.494. The predicted octanol–water partition coefficient (Wildman–Crippen LogP) is 4.30. The number of rotatable bonds is 2. The van der Waals surface area contributed by atoms with Crippen molar-refractivity contribution in [3.8, 4) is 0 Å². The molecule has 0 atom stereocenters. The molecular formula is C16H15ClF3N2+. The van der Waals surface area contributed by atoms with Crippen molar-refractivity contribution in [1.29, 1.82) is 0 Å². The lowest BCUT2D eigenvalue weighted by atomic mass is 10.1. The van der Waals surface area contributed by atoms with E-state index in [4.69, 9.17) is 11.6 Å². The van der Waals surface area contributed by atoms with Gasteiger partial charge in [0.1, 0.15) is 5.69 Å². The van der Waals surface area contributed by atoms with Crippen molar-refractivity contribution in [3.05, 3.63) is 64.7 Å². The second-order valence-electron chi connectivity index (χ2n) is 4.71. The van der Waals surface area contributed by atoms with Crippen LogP contribution in [-0.4, -0.2) is 24.5 Å². The van der Waals surface area contributed by atoms with Crippen LogP contribution in [0.4, 0.5) is 18.9 Å². The molecule has 0 aliphatic heterocycles. The zero-order chi connectivity index (χ0) is 16.3. The average Bonchev–Trinajstić information content (AvgIpc) is 2.48. The number of hydrogen-bond donors (Lipinski definition) is 1. The minimum absolute atomic E-state index is 0.453. The maximum Gasteiger partial charge on any atom is 0.416 e. The van der Waals surface area contributed by atoms with Gasteiger partial charge in [0.15, 0.2) is 0 Å². The molecule has 0 fully saturated rings. The highest BCUT2D eigenvalue weighted by Crippen LogP contribution is 2.29. The second kappa shape index (κ2) is 6.40. The van der Waals surface area contributed by atoms with E-state index in [0.29, 0.717) is 16.4 Å². The Morgan fingerprint density at radius 2 is 1.73 bits per heavy atom. The SMILES string of the molecule is CNC(c1cccc(C(F)(F)F)c1)=[N+](C)c1ccc(Cl)cc1. The fraction of sp³-hybridized carbons (Fsp3) is 0.188. The summed E-state index contributed by atoms with van der Waals surface area (Å²) in [6.07, 6.45) is -4.37. The summed E-state index contributed by atoms with van der Waals surface area (Å²) in [5.41, 5.74) is 0.586. The highest BCUT2D eigenvalue weighted by molar-refractivity contribution is 6.30. The topological polar surface area (TPSA) is 15.0 Å². The Morgan fingerprint density at radius 1 is 1.09 bits per heavy atom. The molecule has 0 aromatic heterocycles. The average molecular weight is 328 g/mol. The van der Waals surface area contributed by atoms with Gasteiger partial charge in [0, 0.05) is 5.02 Å². The van der Waals surface area contributed by atoms with Gasteiger partial charge >= 0.3 is 6.18 Å². The van der Waals surface area contributed by atoms with E-state index in [1.807, 2.05) is 0 Å². The van der Waals surface area contributed by atoms with Gasteiger partial charge in [-0.05, 0) is 42.5 Å². The number of nitrogens with one attached hydrogen (secondary N) is 1. The molecule has 0 amide bonds. The molecular weight excluding hydrogens is 313 g/mol. The smallest absolute Gasteiger partial charge is 0.277 e. The second-order valence-corrected chi connectivity index (χ2v) is 5.15. The fourth-order valence-electron chi connectivity index (χ4n) is 2.14. The normalized spacial score (nSPS) is 12.8. The molecule has 0 heterocycles. The molecule has 6 heteroatoms. The van der Waals surface area contributed by atoms with Crippen LogP contribution in [0.1, 0.15) is 11.1 Å². The molecule has 116 valence electrons. The molecule has 2 rings (SSSR count). The Kier molecular flexibility index (Phi) is 4.76. The molecule has 0 saturated heterocycles. The summed E-state index contributed by atoms with van der Waals surface area (Å²) in [5.74, 6) is 0.563. The summed E-state index contributed by atoms with van der Waals surface area (Å²) in [7, 11) is 3.44. The Labute approximate surface area is 131 Å². The summed E-state index contributed by atoms with van der Waals surface area (Å²) < 4.78 is 40.3. The zero-order valence-electron chi connectivity index (χ0n) is 12.1. The van der Waals surface area contributed by atoms with Gasteiger partial charge in [-0.1, -0.05) is 17.7 Å². The number of halogens is 4. The largest absolute Gasteiger partial charge is 0.416 e. The maximum atomic E-state index is 12.8. The first-order valence-electron chi connectivity index (χ1n) is 6.54. The van der Waals surface area contributed by atoms with E-state index in [0.717, 1.165) is 17.8 Å². The molecule has 2 aromatic rings. The van der Waals surface area contributed by atoms with Crippen LogP contribution < -0.4 is 5.32 Å². The van der Waals surface area contributed by atoms with Crippen molar-refractivity contribution in [2.24, 2.45) is 0 Å². The van der Waals surface area contributed by atoms with Crippen LogP contribution >= 0.6 is 11.6 Å². The molecule has 2 aromatic carbocycles. The lowest BCUT2D eigenvalue weighted by molar-refractivity contribution is -0.406. The summed E-state index contributed by atoms with van der Waals surface area (Å²) >= 11 is 5.85. The van der Waals surface area contributed by atoms with Gasteiger partial charge in [0.2, 0.25) is 0 Å². The first-order valence-corrected chi connectivity index (χ1v) is 6.92. The number of nitrogens with zero attached hydrogens (tertiary/aromatic N) is 1. The van der Waals surface area contributed by atoms with E-state index in [2.05, 4.69) is 5.32 Å². The van der Waals surface area contributed by atoms with Gasteiger partial charge in [0.05, 0.1) is 25.2 Å². The van der Waals surface area contributed by atoms with Gasteiger partial charge in [0.25, 0.3) is 5.84 Å². The summed E-state index contributed by atoms with van der Waals surface area (Å²) in [6, 6.07) is 12.3. The number of amidine groups is 1. The van der Waals surface area contributed by atoms with Crippen molar-refractivity contribution in [2.75, 3.05) is 14.1 Å². The third kappa shape index (κ3) is 3.60. The van der Waals surface area contributed by atoms with Crippen molar-refractivity contribution < 1.29 is 17.7 Å². The third-order valence-electron chi connectivity index (χ3n) is 3.25. The molecule has 0 aliphatic carbocycles. The summed E-state index contributed by atoms with van der Waals surface area (Å²) in [6.45, 7) is 0. The number of alkyl halides is 3. The molecule has 0 radical (unpaired) electrons. The number of benzene rings is 2. The van der Waals surface area contributed by atoms with Crippen LogP contribution in [0, 0.1) is 0 Å². The first kappa shape index (κ1) is 16.4. The molecule has 2 nitrogen and oxygen atoms in total. The van der Waals surface area contributed by atoms with Crippen molar-refractivity contribution >= 4 is 23.1 Å². The zero-order valence-corrected chi connectivity index (χ0v) is 12.8. The minimum atomic E-state index is -4.37. The molecule has 1 N–H and O–H groups in total. The van der Waals surface area contributed by atoms with E-state index in [1.165, 1.54) is 6.07 Å². The van der Waals surface area contributed by atoms with E-state index in [1.54, 1.807) is 49.0 Å². The van der Waals surface area contributed by atoms with Crippen molar-refractivity contribution in [2.45, 2.75) is 6.18 Å². The van der Waals surface area contributed by atoms with Crippen molar-refractivity contribution in [1.82, 2.24) is 5.32 Å². The van der Waals surface area contributed by atoms with Crippen LogP contribution in [0.3, 0.4) is 0 Å². The highest BCUT2D eigenvalue weighted by atomic mass is 35.5. The molecule has 0 saturated carbocycles. The Hall–Kier alpha value is -2.01. The maximum absolute atomic E-state index is 12.8. The minimum Gasteiger partial charge on any atom is -0.277 e. The lowest BCUT2D eigenvalue weighted by Gasteiger charge is -2.10. The lowest BCUT2D eigenvalue weighted by Crippen LogP contribution is -2.28. The van der Waals surface area contributed by atoms with Gasteiger partial charge in [-0.2, -0.15) is 13.2 Å². The van der Waals surface area contributed by atoms with Crippen LogP contribution in [0.25, 0.3) is 0 Å². The van der Waals surface area contributed by atoms with Gasteiger partial charge in [-0.15, -0.1) is 0 Å². The molecule has 0 unspecified atom stereocenters. The van der Waals surface area contributed by atoms with Crippen molar-refractivity contribution in [3.63, 3.8) is 0 Å². The van der Waals surface area contributed by atoms with Crippen LogP contribution in [0.2, 0.25) is 5.02 Å². The Morgan fingerprint density at radius 3 is 2.27 bits per heavy atom. The number of hydrogen-bond acceptors (Lipinski definition) is 0. The van der Waals surface area contributed by atoms with Crippen LogP contribution in [-0.2, 0) is 6.18 Å². The molecule has 0 spiro atoms. The first-order chi connectivity index (χ1) is 10.3. The molecule has 0 bridgehead atoms. The van der Waals surface area contributed by atoms with E-state index in [9.17, 15) is 13.2 Å². The third-order valence-corrected chi connectivity index (χ3v) is 3.50. The Bertz CT molecular complexity index is 691. The van der Waals surface area contributed by atoms with Gasteiger partial charge in [-0.25, -0.2) is 4.58 Å². The summed E-state index contributed by atoms with van der Waals surface area (Å²) in [4.78, 5) is 0. The highest BCUT2D eigenvalue weighted by Gasteiger charge is 2.31. The molecule has 0 aliphatic rings. The van der Waals surface area contributed by atoms with Crippen LogP contribution in [0.5, 0.6) is 0 Å². The van der Waals surface area contributed by atoms with Gasteiger partial charge < -0.3 is 0 Å². The van der Waals surface area contributed by atoms with E-state index < -0.39 is 11.7 Å². The standard InChI is InChI=1S/C16H14ClF3N2/c1-21-15(22(2)14-8-6-13(17)7-9-14)11-4-3-5-12(10-11)16(18,19)20/h3-10H,1-2H3/p+1. The Balaban J connectivity index is 2.51. The fourth-order valence-corrected chi connectivity index (χ4v) is 2.27. The molecule has 22 heavy (non-hydrogen) atoms.